The zero-order valence-corrected chi connectivity index (χ0v) is 13.4. The molecule has 118 valence electrons. The second kappa shape index (κ2) is 9.44. The standard InChI is InChI=1S/C14H23N3O3S/c1-3-7-17-9-6-15-12(17)5-4-8-16(2)13(18)10-21-11-14(19)20/h6,9H,3-5,7-8,10-11H2,1-2H3,(H,19,20). The zero-order valence-electron chi connectivity index (χ0n) is 12.6. The fourth-order valence-corrected chi connectivity index (χ4v) is 2.62. The summed E-state index contributed by atoms with van der Waals surface area (Å²) in [4.78, 5) is 28.2. The molecule has 0 atom stereocenters. The predicted octanol–water partition coefficient (Wildman–Crippen LogP) is 1.50. The maximum Gasteiger partial charge on any atom is 0.313 e. The van der Waals surface area contributed by atoms with Gasteiger partial charge in [-0.3, -0.25) is 9.59 Å². The van der Waals surface area contributed by atoms with E-state index in [0.29, 0.717) is 6.54 Å². The van der Waals surface area contributed by atoms with Crippen LogP contribution in [0.1, 0.15) is 25.6 Å². The van der Waals surface area contributed by atoms with E-state index in [-0.39, 0.29) is 17.4 Å². The topological polar surface area (TPSA) is 75.4 Å². The van der Waals surface area contributed by atoms with Crippen LogP contribution in [0, 0.1) is 0 Å². The van der Waals surface area contributed by atoms with Crippen molar-refractivity contribution in [1.82, 2.24) is 14.5 Å². The number of aryl methyl sites for hydroxylation is 2. The number of carbonyl (C=O) groups excluding carboxylic acids is 1. The third-order valence-corrected chi connectivity index (χ3v) is 3.94. The Kier molecular flexibility index (Phi) is 7.89. The lowest BCUT2D eigenvalue weighted by molar-refractivity contribution is -0.133. The van der Waals surface area contributed by atoms with Crippen molar-refractivity contribution < 1.29 is 14.7 Å². The van der Waals surface area contributed by atoms with Crippen molar-refractivity contribution in [3.8, 4) is 0 Å². The molecule has 0 spiro atoms. The lowest BCUT2D eigenvalue weighted by Crippen LogP contribution is -2.30. The summed E-state index contributed by atoms with van der Waals surface area (Å²) in [5, 5.41) is 8.53. The van der Waals surface area contributed by atoms with Crippen LogP contribution in [0.3, 0.4) is 0 Å². The molecule has 1 rings (SSSR count). The summed E-state index contributed by atoms with van der Waals surface area (Å²) in [6.07, 6.45) is 6.56. The second-order valence-corrected chi connectivity index (χ2v) is 5.83. The number of aliphatic carboxylic acids is 1. The Labute approximate surface area is 129 Å². The normalized spacial score (nSPS) is 10.6. The van der Waals surface area contributed by atoms with Crippen LogP contribution in [0.2, 0.25) is 0 Å². The summed E-state index contributed by atoms with van der Waals surface area (Å²) in [6, 6.07) is 0. The fourth-order valence-electron chi connectivity index (χ4n) is 1.95. The van der Waals surface area contributed by atoms with Gasteiger partial charge < -0.3 is 14.6 Å². The fraction of sp³-hybridized carbons (Fsp3) is 0.643. The highest BCUT2D eigenvalue weighted by molar-refractivity contribution is 8.00. The number of nitrogens with zero attached hydrogens (tertiary/aromatic N) is 3. The number of thioether (sulfide) groups is 1. The van der Waals surface area contributed by atoms with Crippen molar-refractivity contribution in [3.63, 3.8) is 0 Å². The van der Waals surface area contributed by atoms with E-state index in [1.807, 2.05) is 12.4 Å². The van der Waals surface area contributed by atoms with Crippen LogP contribution in [0.5, 0.6) is 0 Å². The van der Waals surface area contributed by atoms with Gasteiger partial charge in [-0.25, -0.2) is 4.98 Å². The Morgan fingerprint density at radius 2 is 2.19 bits per heavy atom. The minimum atomic E-state index is -0.891. The van der Waals surface area contributed by atoms with Crippen molar-refractivity contribution in [3.05, 3.63) is 18.2 Å². The lowest BCUT2D eigenvalue weighted by atomic mass is 10.2. The number of amides is 1. The third kappa shape index (κ3) is 6.66. The van der Waals surface area contributed by atoms with Gasteiger partial charge in [0.05, 0.1) is 11.5 Å². The molecule has 1 aromatic rings. The van der Waals surface area contributed by atoms with Gasteiger partial charge in [0.2, 0.25) is 5.91 Å². The van der Waals surface area contributed by atoms with Crippen molar-refractivity contribution >= 4 is 23.6 Å². The molecular formula is C14H23N3O3S. The molecule has 0 aromatic carbocycles. The number of hydrogen-bond acceptors (Lipinski definition) is 4. The minimum absolute atomic E-state index is 0.0295. The van der Waals surface area contributed by atoms with Gasteiger partial charge in [0.25, 0.3) is 0 Å². The van der Waals surface area contributed by atoms with Crippen LogP contribution >= 0.6 is 11.8 Å². The molecule has 0 aliphatic carbocycles. The Morgan fingerprint density at radius 1 is 1.43 bits per heavy atom. The molecule has 0 bridgehead atoms. The highest BCUT2D eigenvalue weighted by Crippen LogP contribution is 2.05. The van der Waals surface area contributed by atoms with E-state index in [0.717, 1.165) is 43.4 Å². The summed E-state index contributed by atoms with van der Waals surface area (Å²) < 4.78 is 2.14. The molecule has 7 heteroatoms. The monoisotopic (exact) mass is 313 g/mol. The Balaban J connectivity index is 2.26. The molecule has 1 aromatic heterocycles. The van der Waals surface area contributed by atoms with Crippen molar-refractivity contribution in [1.29, 1.82) is 0 Å². The van der Waals surface area contributed by atoms with E-state index in [4.69, 9.17) is 5.11 Å². The van der Waals surface area contributed by atoms with Crippen molar-refractivity contribution in [2.45, 2.75) is 32.7 Å². The average molecular weight is 313 g/mol. The van der Waals surface area contributed by atoms with E-state index in [1.165, 1.54) is 0 Å². The number of aromatic nitrogens is 2. The molecule has 0 saturated carbocycles. The third-order valence-electron chi connectivity index (χ3n) is 3.04. The Bertz CT molecular complexity index is 462. The van der Waals surface area contributed by atoms with Crippen molar-refractivity contribution in [2.75, 3.05) is 25.1 Å². The molecule has 0 unspecified atom stereocenters. The molecule has 1 N–H and O–H groups in total. The molecule has 21 heavy (non-hydrogen) atoms. The number of carboxylic acid groups (broad SMARTS) is 1. The lowest BCUT2D eigenvalue weighted by Gasteiger charge is -2.16. The average Bonchev–Trinajstić information content (AvgIpc) is 2.86. The molecule has 0 aliphatic heterocycles. The molecule has 1 heterocycles. The van der Waals surface area contributed by atoms with Crippen molar-refractivity contribution in [2.24, 2.45) is 0 Å². The number of rotatable bonds is 10. The summed E-state index contributed by atoms with van der Waals surface area (Å²) in [5.41, 5.74) is 0. The van der Waals surface area contributed by atoms with Crippen LogP contribution < -0.4 is 0 Å². The van der Waals surface area contributed by atoms with E-state index in [2.05, 4.69) is 16.5 Å². The quantitative estimate of drug-likeness (QED) is 0.708. The van der Waals surface area contributed by atoms with Crippen LogP contribution in [0.25, 0.3) is 0 Å². The van der Waals surface area contributed by atoms with Gasteiger partial charge in [-0.15, -0.1) is 11.8 Å². The summed E-state index contributed by atoms with van der Waals surface area (Å²) >= 11 is 1.13. The van der Waals surface area contributed by atoms with Gasteiger partial charge in [-0.1, -0.05) is 6.92 Å². The first-order chi connectivity index (χ1) is 10.0. The molecule has 0 saturated heterocycles. The molecule has 1 amide bonds. The molecule has 0 aliphatic rings. The number of hydrogen-bond donors (Lipinski definition) is 1. The van der Waals surface area contributed by atoms with Gasteiger partial charge in [-0.2, -0.15) is 0 Å². The number of carbonyl (C=O) groups is 2. The highest BCUT2D eigenvalue weighted by atomic mass is 32.2. The van der Waals surface area contributed by atoms with Gasteiger partial charge in [0.1, 0.15) is 5.82 Å². The van der Waals surface area contributed by atoms with E-state index >= 15 is 0 Å². The molecule has 0 radical (unpaired) electrons. The number of imidazole rings is 1. The minimum Gasteiger partial charge on any atom is -0.481 e. The Morgan fingerprint density at radius 3 is 2.86 bits per heavy atom. The van der Waals surface area contributed by atoms with E-state index in [9.17, 15) is 9.59 Å². The maximum absolute atomic E-state index is 11.8. The van der Waals surface area contributed by atoms with E-state index < -0.39 is 5.97 Å². The first-order valence-electron chi connectivity index (χ1n) is 7.08. The molecular weight excluding hydrogens is 290 g/mol. The van der Waals surface area contributed by atoms with Gasteiger partial charge in [0, 0.05) is 39.0 Å². The van der Waals surface area contributed by atoms with Gasteiger partial charge in [-0.05, 0) is 12.8 Å². The van der Waals surface area contributed by atoms with Gasteiger partial charge in [0.15, 0.2) is 0 Å². The SMILES string of the molecule is CCCn1ccnc1CCCN(C)C(=O)CSCC(=O)O. The largest absolute Gasteiger partial charge is 0.481 e. The number of carboxylic acids is 1. The first kappa shape index (κ1) is 17.6. The summed E-state index contributed by atoms with van der Waals surface area (Å²) in [7, 11) is 1.75. The van der Waals surface area contributed by atoms with Crippen LogP contribution in [-0.4, -0.2) is 56.5 Å². The van der Waals surface area contributed by atoms with Crippen LogP contribution in [-0.2, 0) is 22.6 Å². The molecule has 6 nitrogen and oxygen atoms in total. The van der Waals surface area contributed by atoms with Crippen LogP contribution in [0.15, 0.2) is 12.4 Å². The smallest absolute Gasteiger partial charge is 0.313 e. The van der Waals surface area contributed by atoms with Gasteiger partial charge >= 0.3 is 5.97 Å². The summed E-state index contributed by atoms with van der Waals surface area (Å²) in [6.45, 7) is 3.76. The summed E-state index contributed by atoms with van der Waals surface area (Å²) in [5.74, 6) is 0.315. The Hall–Kier alpha value is -1.50. The van der Waals surface area contributed by atoms with E-state index in [1.54, 1.807) is 11.9 Å². The second-order valence-electron chi connectivity index (χ2n) is 4.84. The highest BCUT2D eigenvalue weighted by Gasteiger charge is 2.10. The zero-order chi connectivity index (χ0) is 15.7. The van der Waals surface area contributed by atoms with Crippen LogP contribution in [0.4, 0.5) is 0 Å². The maximum atomic E-state index is 11.8. The predicted molar refractivity (Wildman–Crippen MR) is 83.4 cm³/mol. The molecule has 0 fully saturated rings. The first-order valence-corrected chi connectivity index (χ1v) is 8.23.